The standard InChI is InChI=1S/C13H16Br2ClNO2S/c14-6-5-10-2-1-7-17(9-10)20(18,19)13-4-3-11(15)8-12(13)16/h3-4,8,10H,1-2,5-7,9H2. The minimum atomic E-state index is -3.50. The largest absolute Gasteiger partial charge is 0.244 e. The molecule has 0 N–H and O–H groups in total. The summed E-state index contributed by atoms with van der Waals surface area (Å²) >= 11 is 12.8. The number of benzene rings is 1. The summed E-state index contributed by atoms with van der Waals surface area (Å²) in [7, 11) is -3.50. The summed E-state index contributed by atoms with van der Waals surface area (Å²) in [4.78, 5) is 0.196. The Kier molecular flexibility index (Phi) is 5.94. The highest BCUT2D eigenvalue weighted by molar-refractivity contribution is 9.10. The molecule has 1 saturated heterocycles. The zero-order valence-corrected chi connectivity index (χ0v) is 15.6. The minimum absolute atomic E-state index is 0.196. The van der Waals surface area contributed by atoms with Crippen LogP contribution in [-0.4, -0.2) is 31.1 Å². The molecule has 0 spiro atoms. The molecule has 0 bridgehead atoms. The Morgan fingerprint density at radius 2 is 2.15 bits per heavy atom. The normalized spacial score (nSPS) is 21.1. The first-order valence-electron chi connectivity index (χ1n) is 6.46. The lowest BCUT2D eigenvalue weighted by atomic mass is 9.97. The molecule has 1 fully saturated rings. The van der Waals surface area contributed by atoms with Gasteiger partial charge in [-0.05, 0) is 43.4 Å². The summed E-state index contributed by atoms with van der Waals surface area (Å²) in [5, 5.41) is 1.17. The molecule has 0 amide bonds. The molecule has 0 aromatic heterocycles. The van der Waals surface area contributed by atoms with Crippen molar-refractivity contribution in [1.29, 1.82) is 0 Å². The van der Waals surface area contributed by atoms with Gasteiger partial charge in [-0.25, -0.2) is 8.42 Å². The molecule has 0 aliphatic carbocycles. The van der Waals surface area contributed by atoms with Crippen molar-refractivity contribution in [3.8, 4) is 0 Å². The van der Waals surface area contributed by atoms with E-state index in [2.05, 4.69) is 31.9 Å². The lowest BCUT2D eigenvalue weighted by Gasteiger charge is -2.31. The first kappa shape index (κ1) is 16.7. The predicted molar refractivity (Wildman–Crippen MR) is 89.0 cm³/mol. The number of rotatable bonds is 4. The highest BCUT2D eigenvalue weighted by atomic mass is 79.9. The lowest BCUT2D eigenvalue weighted by molar-refractivity contribution is 0.263. The van der Waals surface area contributed by atoms with E-state index in [9.17, 15) is 8.42 Å². The summed E-state index contributed by atoms with van der Waals surface area (Å²) in [6.45, 7) is 1.16. The van der Waals surface area contributed by atoms with Gasteiger partial charge in [-0.1, -0.05) is 43.5 Å². The maximum atomic E-state index is 12.7. The molecule has 20 heavy (non-hydrogen) atoms. The SMILES string of the molecule is O=S(=O)(c1ccc(Br)cc1Cl)N1CCCC(CCBr)C1. The van der Waals surface area contributed by atoms with E-state index in [1.165, 1.54) is 0 Å². The molecular weight excluding hydrogens is 429 g/mol. The third kappa shape index (κ3) is 3.77. The second kappa shape index (κ2) is 7.09. The fourth-order valence-electron chi connectivity index (χ4n) is 2.46. The van der Waals surface area contributed by atoms with Gasteiger partial charge < -0.3 is 0 Å². The van der Waals surface area contributed by atoms with Crippen molar-refractivity contribution in [2.75, 3.05) is 18.4 Å². The van der Waals surface area contributed by atoms with Crippen LogP contribution >= 0.6 is 43.5 Å². The van der Waals surface area contributed by atoms with E-state index in [1.807, 2.05) is 0 Å². The molecule has 2 rings (SSSR count). The Bertz CT molecular complexity index is 578. The Morgan fingerprint density at radius 1 is 1.40 bits per heavy atom. The van der Waals surface area contributed by atoms with Crippen LogP contribution in [0, 0.1) is 5.92 Å². The Hall–Kier alpha value is 0.380. The minimum Gasteiger partial charge on any atom is -0.207 e. The second-order valence-corrected chi connectivity index (χ2v) is 8.95. The number of alkyl halides is 1. The van der Waals surface area contributed by atoms with E-state index < -0.39 is 10.0 Å². The maximum Gasteiger partial charge on any atom is 0.244 e. The van der Waals surface area contributed by atoms with Crippen LogP contribution in [0.3, 0.4) is 0 Å². The Balaban J connectivity index is 2.25. The van der Waals surface area contributed by atoms with Gasteiger partial charge in [0.25, 0.3) is 0 Å². The third-order valence-corrected chi connectivity index (χ3v) is 6.81. The fourth-order valence-corrected chi connectivity index (χ4v) is 5.67. The average Bonchev–Trinajstić information content (AvgIpc) is 2.39. The molecule has 1 heterocycles. The van der Waals surface area contributed by atoms with Gasteiger partial charge in [0.2, 0.25) is 10.0 Å². The molecule has 1 aromatic rings. The van der Waals surface area contributed by atoms with E-state index in [4.69, 9.17) is 11.6 Å². The number of nitrogens with zero attached hydrogens (tertiary/aromatic N) is 1. The van der Waals surface area contributed by atoms with Gasteiger partial charge in [-0.3, -0.25) is 0 Å². The van der Waals surface area contributed by atoms with Crippen molar-refractivity contribution in [2.45, 2.75) is 24.2 Å². The molecule has 3 nitrogen and oxygen atoms in total. The van der Waals surface area contributed by atoms with E-state index in [0.29, 0.717) is 19.0 Å². The molecular formula is C13H16Br2ClNO2S. The van der Waals surface area contributed by atoms with Gasteiger partial charge in [-0.2, -0.15) is 4.31 Å². The molecule has 1 atom stereocenters. The molecule has 0 radical (unpaired) electrons. The monoisotopic (exact) mass is 443 g/mol. The Morgan fingerprint density at radius 3 is 2.80 bits per heavy atom. The summed E-state index contributed by atoms with van der Waals surface area (Å²) in [6.07, 6.45) is 3.00. The molecule has 0 saturated carbocycles. The first-order chi connectivity index (χ1) is 9.45. The van der Waals surface area contributed by atoms with E-state index in [0.717, 1.165) is 29.1 Å². The van der Waals surface area contributed by atoms with Crippen molar-refractivity contribution in [3.63, 3.8) is 0 Å². The number of halogens is 3. The number of piperidine rings is 1. The van der Waals surface area contributed by atoms with Crippen molar-refractivity contribution in [3.05, 3.63) is 27.7 Å². The van der Waals surface area contributed by atoms with Crippen LogP contribution in [0.5, 0.6) is 0 Å². The maximum absolute atomic E-state index is 12.7. The first-order valence-corrected chi connectivity index (χ1v) is 10.2. The van der Waals surface area contributed by atoms with Crippen molar-refractivity contribution in [2.24, 2.45) is 5.92 Å². The highest BCUT2D eigenvalue weighted by Gasteiger charge is 2.31. The molecule has 1 aliphatic rings. The van der Waals surface area contributed by atoms with Crippen LogP contribution in [0.15, 0.2) is 27.6 Å². The van der Waals surface area contributed by atoms with E-state index >= 15 is 0 Å². The molecule has 1 aromatic carbocycles. The molecule has 7 heteroatoms. The summed E-state index contributed by atoms with van der Waals surface area (Å²) < 4.78 is 27.7. The van der Waals surface area contributed by atoms with Crippen LogP contribution in [0.1, 0.15) is 19.3 Å². The van der Waals surface area contributed by atoms with Gasteiger partial charge in [0, 0.05) is 22.9 Å². The summed E-state index contributed by atoms with van der Waals surface area (Å²) in [5.74, 6) is 0.423. The number of hydrogen-bond donors (Lipinski definition) is 0. The van der Waals surface area contributed by atoms with Crippen LogP contribution < -0.4 is 0 Å². The van der Waals surface area contributed by atoms with Crippen molar-refractivity contribution < 1.29 is 8.42 Å². The average molecular weight is 446 g/mol. The highest BCUT2D eigenvalue weighted by Crippen LogP contribution is 2.31. The zero-order chi connectivity index (χ0) is 14.8. The second-order valence-electron chi connectivity index (χ2n) is 4.92. The van der Waals surface area contributed by atoms with Gasteiger partial charge in [0.15, 0.2) is 0 Å². The van der Waals surface area contributed by atoms with Crippen molar-refractivity contribution >= 4 is 53.5 Å². The van der Waals surface area contributed by atoms with E-state index in [-0.39, 0.29) is 9.92 Å². The van der Waals surface area contributed by atoms with Gasteiger partial charge >= 0.3 is 0 Å². The van der Waals surface area contributed by atoms with Crippen LogP contribution in [0.4, 0.5) is 0 Å². The Labute approximate surface area is 142 Å². The van der Waals surface area contributed by atoms with Crippen molar-refractivity contribution in [1.82, 2.24) is 4.31 Å². The van der Waals surface area contributed by atoms with Crippen LogP contribution in [0.2, 0.25) is 5.02 Å². The number of hydrogen-bond acceptors (Lipinski definition) is 2. The predicted octanol–water partition coefficient (Wildman–Crippen LogP) is 4.29. The quantitative estimate of drug-likeness (QED) is 0.649. The molecule has 1 unspecified atom stereocenters. The lowest BCUT2D eigenvalue weighted by Crippen LogP contribution is -2.40. The van der Waals surface area contributed by atoms with Crippen LogP contribution in [-0.2, 0) is 10.0 Å². The molecule has 1 aliphatic heterocycles. The summed E-state index contributed by atoms with van der Waals surface area (Å²) in [5.41, 5.74) is 0. The van der Waals surface area contributed by atoms with Crippen LogP contribution in [0.25, 0.3) is 0 Å². The van der Waals surface area contributed by atoms with Gasteiger partial charge in [0.05, 0.1) is 5.02 Å². The molecule has 112 valence electrons. The topological polar surface area (TPSA) is 37.4 Å². The smallest absolute Gasteiger partial charge is 0.207 e. The summed E-state index contributed by atoms with van der Waals surface area (Å²) in [6, 6.07) is 4.89. The van der Waals surface area contributed by atoms with Gasteiger partial charge in [0.1, 0.15) is 4.90 Å². The fraction of sp³-hybridized carbons (Fsp3) is 0.538. The van der Waals surface area contributed by atoms with E-state index in [1.54, 1.807) is 22.5 Å². The third-order valence-electron chi connectivity index (χ3n) is 3.51. The zero-order valence-electron chi connectivity index (χ0n) is 10.9. The van der Waals surface area contributed by atoms with Gasteiger partial charge in [-0.15, -0.1) is 0 Å². The number of sulfonamides is 1.